The molecular weight excluding hydrogens is 532 g/mol. The zero-order valence-corrected chi connectivity index (χ0v) is 23.2. The summed E-state index contributed by atoms with van der Waals surface area (Å²) in [6.45, 7) is 0.466. The number of aromatic nitrogens is 4. The van der Waals surface area contributed by atoms with E-state index in [9.17, 15) is 9.59 Å². The number of nitrogens with zero attached hydrogens (tertiary/aromatic N) is 4. The number of carbonyl (C=O) groups is 2. The Morgan fingerprint density at radius 3 is 1.49 bits per heavy atom. The van der Waals surface area contributed by atoms with Gasteiger partial charge >= 0.3 is 11.9 Å². The topological polar surface area (TPSA) is 88.2 Å². The molecular formula is C29H28N4O4S2. The number of rotatable bonds is 6. The predicted molar refractivity (Wildman–Crippen MR) is 147 cm³/mol. The Kier molecular flexibility index (Phi) is 7.22. The van der Waals surface area contributed by atoms with E-state index in [1.807, 2.05) is 96.3 Å². The van der Waals surface area contributed by atoms with Crippen LogP contribution in [0.5, 0.6) is 0 Å². The number of cyclic esters (lactones) is 2. The van der Waals surface area contributed by atoms with Gasteiger partial charge in [-0.25, -0.2) is 9.97 Å². The number of benzene rings is 2. The highest BCUT2D eigenvalue weighted by molar-refractivity contribution is 7.99. The minimum atomic E-state index is -0.661. The van der Waals surface area contributed by atoms with Gasteiger partial charge in [0.2, 0.25) is 0 Å². The average molecular weight is 561 g/mol. The molecule has 4 aromatic rings. The Balaban J connectivity index is 1.39. The van der Waals surface area contributed by atoms with Crippen molar-refractivity contribution in [3.05, 3.63) is 84.4 Å². The number of fused-ring (bicyclic) bond motifs is 1. The van der Waals surface area contributed by atoms with E-state index in [-0.39, 0.29) is 37.0 Å². The zero-order chi connectivity index (χ0) is 26.9. The summed E-state index contributed by atoms with van der Waals surface area (Å²) in [6.07, 6.45) is 4.13. The van der Waals surface area contributed by atoms with Crippen LogP contribution in [-0.2, 0) is 33.2 Å². The molecule has 10 heteroatoms. The molecule has 2 fully saturated rings. The molecule has 39 heavy (non-hydrogen) atoms. The molecule has 0 amide bonds. The first-order valence-corrected chi connectivity index (χ1v) is 14.5. The second-order valence-electron chi connectivity index (χ2n) is 9.67. The smallest absolute Gasteiger partial charge is 0.310 e. The van der Waals surface area contributed by atoms with Crippen molar-refractivity contribution in [2.75, 3.05) is 13.2 Å². The van der Waals surface area contributed by atoms with E-state index in [4.69, 9.17) is 19.4 Å². The Hall–Kier alpha value is -3.50. The summed E-state index contributed by atoms with van der Waals surface area (Å²) in [6, 6.07) is 20.1. The lowest BCUT2D eigenvalue weighted by Gasteiger charge is -2.48. The van der Waals surface area contributed by atoms with Gasteiger partial charge in [-0.2, -0.15) is 0 Å². The van der Waals surface area contributed by atoms with Gasteiger partial charge in [-0.05, 0) is 24.3 Å². The molecule has 2 aromatic heterocycles. The lowest BCUT2D eigenvalue weighted by Crippen LogP contribution is -2.53. The fourth-order valence-corrected chi connectivity index (χ4v) is 7.18. The standard InChI is InChI=1S/C29H28N4O4S2/c1-32-20(16-30-28(32)38-18-10-5-3-6-11-18)22-23(25-24(22)26(34)36-14-9-15-37-27(25)35)21-17-31-29(33(21)2)39-19-12-7-4-8-13-19/h3-8,10-13,16-17,22-25H,9,14-15H2,1-2H3/t22-,23+,24+,25-. The summed E-state index contributed by atoms with van der Waals surface area (Å²) in [7, 11) is 3.91. The highest BCUT2D eigenvalue weighted by Crippen LogP contribution is 2.59. The molecule has 200 valence electrons. The van der Waals surface area contributed by atoms with Crippen molar-refractivity contribution >= 4 is 35.5 Å². The molecule has 3 heterocycles. The number of hydrogen-bond donors (Lipinski definition) is 0. The Labute approximate surface area is 235 Å². The highest BCUT2D eigenvalue weighted by Gasteiger charge is 2.61. The lowest BCUT2D eigenvalue weighted by molar-refractivity contribution is -0.169. The number of carbonyl (C=O) groups excluding carboxylic acids is 2. The molecule has 0 radical (unpaired) electrons. The first-order valence-electron chi connectivity index (χ1n) is 12.8. The summed E-state index contributed by atoms with van der Waals surface area (Å²) < 4.78 is 15.3. The predicted octanol–water partition coefficient (Wildman–Crippen LogP) is 5.06. The molecule has 0 bridgehead atoms. The molecule has 8 nitrogen and oxygen atoms in total. The zero-order valence-electron chi connectivity index (χ0n) is 21.6. The van der Waals surface area contributed by atoms with Gasteiger partial charge in [0, 0.05) is 65.9 Å². The molecule has 1 saturated heterocycles. The fourth-order valence-electron chi connectivity index (χ4n) is 5.47. The first kappa shape index (κ1) is 25.8. The Bertz CT molecular complexity index is 1380. The Morgan fingerprint density at radius 2 is 1.08 bits per heavy atom. The van der Waals surface area contributed by atoms with Crippen LogP contribution < -0.4 is 0 Å². The van der Waals surface area contributed by atoms with Crippen molar-refractivity contribution < 1.29 is 19.1 Å². The largest absolute Gasteiger partial charge is 0.465 e. The van der Waals surface area contributed by atoms with Crippen molar-refractivity contribution in [1.29, 1.82) is 0 Å². The maximum atomic E-state index is 13.3. The van der Waals surface area contributed by atoms with Gasteiger partial charge in [0.1, 0.15) is 0 Å². The summed E-state index contributed by atoms with van der Waals surface area (Å²) in [5, 5.41) is 1.62. The maximum absolute atomic E-state index is 13.3. The third kappa shape index (κ3) is 4.87. The highest BCUT2D eigenvalue weighted by atomic mass is 32.2. The molecule has 4 atom stereocenters. The van der Waals surface area contributed by atoms with E-state index in [0.717, 1.165) is 31.5 Å². The van der Waals surface area contributed by atoms with Crippen LogP contribution in [0.2, 0.25) is 0 Å². The van der Waals surface area contributed by atoms with Gasteiger partial charge in [-0.1, -0.05) is 59.9 Å². The van der Waals surface area contributed by atoms with Crippen LogP contribution in [0.25, 0.3) is 0 Å². The van der Waals surface area contributed by atoms with Gasteiger partial charge < -0.3 is 18.6 Å². The summed E-state index contributed by atoms with van der Waals surface area (Å²) in [5.74, 6) is -2.68. The normalized spacial score (nSPS) is 23.0. The molecule has 1 aliphatic carbocycles. The van der Waals surface area contributed by atoms with Crippen LogP contribution in [0.15, 0.2) is 93.2 Å². The van der Waals surface area contributed by atoms with E-state index in [1.165, 1.54) is 0 Å². The minimum absolute atomic E-state index is 0.233. The number of esters is 2. The van der Waals surface area contributed by atoms with E-state index < -0.39 is 11.8 Å². The third-order valence-electron chi connectivity index (χ3n) is 7.42. The molecule has 2 aliphatic rings. The quantitative estimate of drug-likeness (QED) is 0.303. The van der Waals surface area contributed by atoms with Crippen LogP contribution in [0, 0.1) is 11.8 Å². The molecule has 2 aromatic carbocycles. The van der Waals surface area contributed by atoms with Crippen molar-refractivity contribution in [2.45, 2.75) is 38.4 Å². The van der Waals surface area contributed by atoms with Crippen LogP contribution >= 0.6 is 23.5 Å². The number of hydrogen-bond acceptors (Lipinski definition) is 8. The number of imidazole rings is 2. The average Bonchev–Trinajstić information content (AvgIpc) is 3.47. The molecule has 6 rings (SSSR count). The van der Waals surface area contributed by atoms with Gasteiger partial charge in [-0.15, -0.1) is 0 Å². The van der Waals surface area contributed by atoms with Crippen molar-refractivity contribution in [3.8, 4) is 0 Å². The van der Waals surface area contributed by atoms with Crippen molar-refractivity contribution in [1.82, 2.24) is 19.1 Å². The molecule has 0 spiro atoms. The molecule has 1 aliphatic heterocycles. The van der Waals surface area contributed by atoms with Crippen molar-refractivity contribution in [3.63, 3.8) is 0 Å². The minimum Gasteiger partial charge on any atom is -0.465 e. The fraction of sp³-hybridized carbons (Fsp3) is 0.310. The van der Waals surface area contributed by atoms with Crippen LogP contribution in [-0.4, -0.2) is 44.3 Å². The monoisotopic (exact) mass is 560 g/mol. The molecule has 1 saturated carbocycles. The Morgan fingerprint density at radius 1 is 0.667 bits per heavy atom. The third-order valence-corrected chi connectivity index (χ3v) is 9.56. The molecule has 0 unspecified atom stereocenters. The van der Waals surface area contributed by atoms with E-state index in [0.29, 0.717) is 6.42 Å². The van der Waals surface area contributed by atoms with Crippen LogP contribution in [0.3, 0.4) is 0 Å². The van der Waals surface area contributed by atoms with Crippen LogP contribution in [0.4, 0.5) is 0 Å². The maximum Gasteiger partial charge on any atom is 0.310 e. The molecule has 0 N–H and O–H groups in total. The summed E-state index contributed by atoms with van der Waals surface area (Å²) in [4.78, 5) is 38.2. The second-order valence-corrected chi connectivity index (χ2v) is 11.8. The van der Waals surface area contributed by atoms with E-state index in [1.54, 1.807) is 23.5 Å². The SMILES string of the molecule is Cn1c([C@@H]2[C@H]3C(=O)OCCCOC(=O)[C@H]3[C@@H]2c2cnc(Sc3ccccc3)n2C)cnc1Sc1ccccc1. The summed E-state index contributed by atoms with van der Waals surface area (Å²) >= 11 is 3.11. The van der Waals surface area contributed by atoms with Gasteiger partial charge in [0.15, 0.2) is 10.3 Å². The lowest BCUT2D eigenvalue weighted by atomic mass is 9.54. The first-order chi connectivity index (χ1) is 19.0. The van der Waals surface area contributed by atoms with E-state index in [2.05, 4.69) is 0 Å². The van der Waals surface area contributed by atoms with Gasteiger partial charge in [-0.3, -0.25) is 9.59 Å². The summed E-state index contributed by atoms with van der Waals surface area (Å²) in [5.41, 5.74) is 1.75. The van der Waals surface area contributed by atoms with Gasteiger partial charge in [0.25, 0.3) is 0 Å². The number of ether oxygens (including phenoxy) is 2. The second kappa shape index (κ2) is 10.9. The van der Waals surface area contributed by atoms with E-state index >= 15 is 0 Å². The van der Waals surface area contributed by atoms with Crippen LogP contribution in [0.1, 0.15) is 29.6 Å². The van der Waals surface area contributed by atoms with Crippen molar-refractivity contribution in [2.24, 2.45) is 25.9 Å². The van der Waals surface area contributed by atoms with Gasteiger partial charge in [0.05, 0.1) is 25.0 Å².